The van der Waals surface area contributed by atoms with Crippen LogP contribution in [0.25, 0.3) is 0 Å². The summed E-state index contributed by atoms with van der Waals surface area (Å²) in [7, 11) is 11.7. The monoisotopic (exact) mass is 176 g/mol. The Labute approximate surface area is 56.3 Å². The zero-order chi connectivity index (χ0) is 5.91. The van der Waals surface area contributed by atoms with Crippen molar-refractivity contribution in [2.75, 3.05) is 0 Å². The first kappa shape index (κ1) is 8.29. The molecule has 0 aliphatic heterocycles. The van der Waals surface area contributed by atoms with Crippen molar-refractivity contribution in [2.24, 2.45) is 0 Å². The first-order valence-electron chi connectivity index (χ1n) is 2.50. The van der Waals surface area contributed by atoms with Gasteiger partial charge in [0.1, 0.15) is 0 Å². The molecule has 0 atom stereocenters. The van der Waals surface area contributed by atoms with E-state index in [0.29, 0.717) is 0 Å². The van der Waals surface area contributed by atoms with Crippen molar-refractivity contribution in [2.45, 2.75) is 23.3 Å². The van der Waals surface area contributed by atoms with Gasteiger partial charge in [-0.25, -0.2) is 0 Å². The summed E-state index contributed by atoms with van der Waals surface area (Å²) < 4.78 is 2.03. The van der Waals surface area contributed by atoms with Crippen molar-refractivity contribution in [3.8, 4) is 0 Å². The molecule has 0 aromatic carbocycles. The summed E-state index contributed by atoms with van der Waals surface area (Å²) >= 11 is -2.14. The molecule has 0 unspecified atom stereocenters. The van der Waals surface area contributed by atoms with Gasteiger partial charge in [-0.3, -0.25) is 0 Å². The molecule has 7 heavy (non-hydrogen) atoms. The molecule has 0 aliphatic carbocycles. The van der Waals surface area contributed by atoms with E-state index in [4.69, 9.17) is 18.6 Å². The van der Waals surface area contributed by atoms with Gasteiger partial charge in [-0.1, -0.05) is 0 Å². The zero-order valence-corrected chi connectivity index (χ0v) is 7.74. The third-order valence-electron chi connectivity index (χ3n) is 1.03. The molecule has 0 bridgehead atoms. The Bertz CT molecular complexity index is 47.7. The van der Waals surface area contributed by atoms with Crippen molar-refractivity contribution < 1.29 is 14.5 Å². The Morgan fingerprint density at radius 1 is 1.14 bits per heavy atom. The molecule has 0 spiro atoms. The molecule has 0 heterocycles. The van der Waals surface area contributed by atoms with E-state index in [0.717, 1.165) is 9.45 Å². The summed E-state index contributed by atoms with van der Waals surface area (Å²) in [6, 6.07) is 0. The molecular formula is C4H10Cl2Ti. The minimum atomic E-state index is -2.14. The number of hydrogen-bond donors (Lipinski definition) is 0. The van der Waals surface area contributed by atoms with Crippen LogP contribution in [0.2, 0.25) is 9.45 Å². The van der Waals surface area contributed by atoms with Crippen LogP contribution in [-0.2, 0) is 14.5 Å². The van der Waals surface area contributed by atoms with Crippen molar-refractivity contribution in [1.29, 1.82) is 0 Å². The third kappa shape index (κ3) is 3.84. The second kappa shape index (κ2) is 3.35. The summed E-state index contributed by atoms with van der Waals surface area (Å²) in [6.45, 7) is 4.12. The predicted molar refractivity (Wildman–Crippen MR) is 32.7 cm³/mol. The molecule has 0 saturated carbocycles. The van der Waals surface area contributed by atoms with E-state index in [1.165, 1.54) is 0 Å². The summed E-state index contributed by atoms with van der Waals surface area (Å²) in [4.78, 5) is 0. The molecule has 3 heteroatoms. The van der Waals surface area contributed by atoms with Gasteiger partial charge in [0.05, 0.1) is 0 Å². The molecule has 0 rings (SSSR count). The standard InChI is InChI=1S/2C2H5.2ClH.Ti/c2*1-2;;;/h2*1H2,2H3;2*1H;/q;;;;+2/p-2. The van der Waals surface area contributed by atoms with Gasteiger partial charge in [0.2, 0.25) is 0 Å². The Hall–Kier alpha value is 1.29. The van der Waals surface area contributed by atoms with E-state index in [-0.39, 0.29) is 0 Å². The average molecular weight is 177 g/mol. The van der Waals surface area contributed by atoms with Crippen molar-refractivity contribution in [3.63, 3.8) is 0 Å². The first-order chi connectivity index (χ1) is 3.12. The van der Waals surface area contributed by atoms with Gasteiger partial charge in [0, 0.05) is 0 Å². The molecule has 44 valence electrons. The first-order valence-corrected chi connectivity index (χ1v) is 9.00. The molecule has 0 saturated heterocycles. The van der Waals surface area contributed by atoms with Gasteiger partial charge in [-0.05, 0) is 0 Å². The van der Waals surface area contributed by atoms with Gasteiger partial charge in [-0.15, -0.1) is 0 Å². The summed E-state index contributed by atoms with van der Waals surface area (Å²) in [5.74, 6) is 0. The van der Waals surface area contributed by atoms with Crippen molar-refractivity contribution in [3.05, 3.63) is 0 Å². The van der Waals surface area contributed by atoms with Crippen LogP contribution in [0.5, 0.6) is 0 Å². The Kier molecular flexibility index (Phi) is 3.96. The Morgan fingerprint density at radius 2 is 1.43 bits per heavy atom. The summed E-state index contributed by atoms with van der Waals surface area (Å²) in [5, 5.41) is 0. The van der Waals surface area contributed by atoms with Gasteiger partial charge >= 0.3 is 56.4 Å². The number of hydrogen-bond acceptors (Lipinski definition) is 0. The maximum atomic E-state index is 5.86. The van der Waals surface area contributed by atoms with Gasteiger partial charge in [0.15, 0.2) is 0 Å². The van der Waals surface area contributed by atoms with E-state index in [2.05, 4.69) is 13.8 Å². The molecule has 0 nitrogen and oxygen atoms in total. The van der Waals surface area contributed by atoms with E-state index >= 15 is 0 Å². The van der Waals surface area contributed by atoms with Crippen LogP contribution >= 0.6 is 18.6 Å². The van der Waals surface area contributed by atoms with E-state index < -0.39 is 14.5 Å². The topological polar surface area (TPSA) is 0 Å². The fourth-order valence-corrected chi connectivity index (χ4v) is 1.03. The Balaban J connectivity index is 3.36. The second-order valence-corrected chi connectivity index (χ2v) is 13.2. The Morgan fingerprint density at radius 3 is 1.43 bits per heavy atom. The molecule has 0 aliphatic rings. The molecule has 0 amide bonds. The van der Waals surface area contributed by atoms with Crippen LogP contribution in [0.15, 0.2) is 0 Å². The number of rotatable bonds is 2. The average Bonchev–Trinajstić information content (AvgIpc) is 1.68. The van der Waals surface area contributed by atoms with Crippen LogP contribution < -0.4 is 0 Å². The van der Waals surface area contributed by atoms with Crippen LogP contribution in [-0.4, -0.2) is 0 Å². The third-order valence-corrected chi connectivity index (χ3v) is 8.67. The van der Waals surface area contributed by atoms with Gasteiger partial charge < -0.3 is 0 Å². The summed E-state index contributed by atoms with van der Waals surface area (Å²) in [5.41, 5.74) is 0. The van der Waals surface area contributed by atoms with Crippen molar-refractivity contribution >= 4 is 18.6 Å². The molecule has 0 fully saturated rings. The fraction of sp³-hybridized carbons (Fsp3) is 1.00. The molecular weight excluding hydrogens is 167 g/mol. The van der Waals surface area contributed by atoms with Gasteiger partial charge in [0.25, 0.3) is 0 Å². The van der Waals surface area contributed by atoms with Crippen LogP contribution in [0.3, 0.4) is 0 Å². The van der Waals surface area contributed by atoms with Crippen LogP contribution in [0.1, 0.15) is 13.8 Å². The SMILES string of the molecule is C[CH2][Ti]([Cl])([Cl])[CH2]C. The molecule has 0 aromatic rings. The van der Waals surface area contributed by atoms with E-state index in [1.54, 1.807) is 0 Å². The fourth-order valence-electron chi connectivity index (χ4n) is 0.250. The normalized spacial score (nSPS) is 12.0. The summed E-state index contributed by atoms with van der Waals surface area (Å²) in [6.07, 6.45) is 0. The van der Waals surface area contributed by atoms with Crippen LogP contribution in [0.4, 0.5) is 0 Å². The quantitative estimate of drug-likeness (QED) is 0.567. The van der Waals surface area contributed by atoms with E-state index in [1.807, 2.05) is 0 Å². The molecule has 0 radical (unpaired) electrons. The molecule has 0 aromatic heterocycles. The van der Waals surface area contributed by atoms with Crippen molar-refractivity contribution in [1.82, 2.24) is 0 Å². The van der Waals surface area contributed by atoms with Crippen LogP contribution in [0, 0.1) is 0 Å². The second-order valence-electron chi connectivity index (χ2n) is 1.56. The zero-order valence-electron chi connectivity index (χ0n) is 4.67. The maximum absolute atomic E-state index is 5.86. The number of halogens is 2. The van der Waals surface area contributed by atoms with E-state index in [9.17, 15) is 0 Å². The predicted octanol–water partition coefficient (Wildman–Crippen LogP) is 3.32. The van der Waals surface area contributed by atoms with Gasteiger partial charge in [-0.2, -0.15) is 0 Å². The molecule has 0 N–H and O–H groups in total. The minimum absolute atomic E-state index is 1.01.